The van der Waals surface area contributed by atoms with Crippen LogP contribution in [-0.2, 0) is 0 Å². The summed E-state index contributed by atoms with van der Waals surface area (Å²) in [5, 5.41) is 0.669. The predicted octanol–water partition coefficient (Wildman–Crippen LogP) is 4.47. The van der Waals surface area contributed by atoms with E-state index in [1.165, 1.54) is 19.2 Å². The molecule has 128 valence electrons. The quantitative estimate of drug-likeness (QED) is 0.511. The second kappa shape index (κ2) is 6.05. The Bertz CT molecular complexity index is 1190. The Morgan fingerprint density at radius 1 is 1.19 bits per heavy atom. The zero-order valence-electron chi connectivity index (χ0n) is 14.0. The summed E-state index contributed by atoms with van der Waals surface area (Å²) in [6.45, 7) is 1.95. The molecule has 5 nitrogen and oxygen atoms in total. The third kappa shape index (κ3) is 2.60. The topological polar surface area (TPSA) is 57.4 Å². The highest BCUT2D eigenvalue weighted by Crippen LogP contribution is 2.35. The van der Waals surface area contributed by atoms with Gasteiger partial charge in [-0.15, -0.1) is 0 Å². The molecule has 0 unspecified atom stereocenters. The molecule has 0 bridgehead atoms. The maximum absolute atomic E-state index is 14.0. The molecule has 0 saturated carbocycles. The summed E-state index contributed by atoms with van der Waals surface area (Å²) >= 11 is 0. The molecular weight excluding hydrogens is 335 g/mol. The number of rotatable bonds is 3. The third-order valence-corrected chi connectivity index (χ3v) is 3.98. The number of hydrogen-bond donors (Lipinski definition) is 0. The fraction of sp³-hybridized carbons (Fsp3) is 0.100. The van der Waals surface area contributed by atoms with E-state index in [4.69, 9.17) is 20.3 Å². The maximum atomic E-state index is 14.0. The van der Waals surface area contributed by atoms with Crippen molar-refractivity contribution >= 4 is 22.0 Å². The number of hydrogen-bond acceptors (Lipinski definition) is 5. The number of halogens is 1. The third-order valence-electron chi connectivity index (χ3n) is 3.98. The van der Waals surface area contributed by atoms with Gasteiger partial charge < -0.3 is 13.9 Å². The van der Waals surface area contributed by atoms with E-state index < -0.39 is 5.82 Å². The fourth-order valence-corrected chi connectivity index (χ4v) is 2.85. The normalized spacial score (nSPS) is 10.8. The minimum absolute atomic E-state index is 0.0222. The molecule has 0 spiro atoms. The molecule has 26 heavy (non-hydrogen) atoms. The number of nitrogens with zero attached hydrogens (tertiary/aromatic N) is 2. The summed E-state index contributed by atoms with van der Waals surface area (Å²) in [7, 11) is 1.54. The van der Waals surface area contributed by atoms with Crippen molar-refractivity contribution in [3.05, 3.63) is 47.9 Å². The van der Waals surface area contributed by atoms with Crippen LogP contribution in [0.3, 0.4) is 0 Å². The molecule has 6 heteroatoms. The van der Waals surface area contributed by atoms with Gasteiger partial charge in [-0.2, -0.15) is 0 Å². The zero-order chi connectivity index (χ0) is 18.3. The SMILES string of the molecule is C#COc1cc2cc(-c3cc(C)cc4nc(OC)cnc34)oc2cc1F. The second-order valence-corrected chi connectivity index (χ2v) is 5.74. The number of aromatic nitrogens is 2. The van der Waals surface area contributed by atoms with E-state index >= 15 is 0 Å². The number of methoxy groups -OCH3 is 1. The lowest BCUT2D eigenvalue weighted by molar-refractivity contribution is 0.397. The van der Waals surface area contributed by atoms with Crippen molar-refractivity contribution in [3.8, 4) is 35.5 Å². The van der Waals surface area contributed by atoms with Crippen molar-refractivity contribution in [1.82, 2.24) is 9.97 Å². The van der Waals surface area contributed by atoms with Crippen LogP contribution in [0.1, 0.15) is 5.56 Å². The molecule has 2 aromatic carbocycles. The maximum Gasteiger partial charge on any atom is 0.232 e. The van der Waals surface area contributed by atoms with Crippen molar-refractivity contribution < 1.29 is 18.3 Å². The van der Waals surface area contributed by atoms with Gasteiger partial charge in [-0.05, 0) is 36.8 Å². The van der Waals surface area contributed by atoms with Crippen LogP contribution < -0.4 is 9.47 Å². The fourth-order valence-electron chi connectivity index (χ4n) is 2.85. The largest absolute Gasteiger partial charge is 0.480 e. The number of furan rings is 1. The van der Waals surface area contributed by atoms with E-state index in [1.54, 1.807) is 12.3 Å². The first-order chi connectivity index (χ1) is 12.6. The van der Waals surface area contributed by atoms with E-state index in [0.29, 0.717) is 33.6 Å². The first-order valence-electron chi connectivity index (χ1n) is 7.76. The van der Waals surface area contributed by atoms with Crippen LogP contribution in [0.15, 0.2) is 40.9 Å². The van der Waals surface area contributed by atoms with Gasteiger partial charge in [0.1, 0.15) is 17.4 Å². The van der Waals surface area contributed by atoms with Gasteiger partial charge in [0.15, 0.2) is 11.6 Å². The molecule has 0 aliphatic rings. The van der Waals surface area contributed by atoms with Crippen molar-refractivity contribution in [3.63, 3.8) is 0 Å². The van der Waals surface area contributed by atoms with Crippen molar-refractivity contribution in [1.29, 1.82) is 0 Å². The summed E-state index contributed by atoms with van der Waals surface area (Å²) < 4.78 is 29.8. The molecule has 0 radical (unpaired) electrons. The van der Waals surface area contributed by atoms with Crippen LogP contribution in [0.4, 0.5) is 4.39 Å². The van der Waals surface area contributed by atoms with Gasteiger partial charge in [-0.1, -0.05) is 6.42 Å². The molecule has 0 aliphatic carbocycles. The Labute approximate surface area is 148 Å². The van der Waals surface area contributed by atoms with Gasteiger partial charge in [-0.3, -0.25) is 0 Å². The van der Waals surface area contributed by atoms with Gasteiger partial charge in [-0.25, -0.2) is 14.4 Å². The first kappa shape index (κ1) is 15.9. The smallest absolute Gasteiger partial charge is 0.232 e. The molecule has 4 aromatic rings. The van der Waals surface area contributed by atoms with Crippen LogP contribution in [0.25, 0.3) is 33.3 Å². The molecule has 0 amide bonds. The van der Waals surface area contributed by atoms with Gasteiger partial charge in [0.05, 0.1) is 24.3 Å². The highest BCUT2D eigenvalue weighted by atomic mass is 19.1. The summed E-state index contributed by atoms with van der Waals surface area (Å²) in [5.41, 5.74) is 3.47. The van der Waals surface area contributed by atoms with E-state index in [2.05, 4.69) is 9.97 Å². The molecule has 0 aliphatic heterocycles. The Balaban J connectivity index is 1.93. The second-order valence-electron chi connectivity index (χ2n) is 5.74. The van der Waals surface area contributed by atoms with Crippen LogP contribution in [0, 0.1) is 25.3 Å². The lowest BCUT2D eigenvalue weighted by atomic mass is 10.1. The first-order valence-corrected chi connectivity index (χ1v) is 7.76. The molecule has 0 N–H and O–H groups in total. The van der Waals surface area contributed by atoms with E-state index in [1.807, 2.05) is 25.2 Å². The molecule has 2 aromatic heterocycles. The average Bonchev–Trinajstić information content (AvgIpc) is 3.03. The monoisotopic (exact) mass is 348 g/mol. The van der Waals surface area contributed by atoms with Crippen molar-refractivity contribution in [2.75, 3.05) is 7.11 Å². The average molecular weight is 348 g/mol. The molecule has 0 atom stereocenters. The van der Waals surface area contributed by atoms with Crippen molar-refractivity contribution in [2.24, 2.45) is 0 Å². The standard InChI is InChI=1S/C20H13FN2O3/c1-4-25-18-8-12-7-17(26-16(12)9-14(18)21)13-5-11(2)6-15-20(13)22-10-19(23-15)24-3/h1,5-10H,2-3H3. The van der Waals surface area contributed by atoms with Gasteiger partial charge in [0.25, 0.3) is 0 Å². The molecule has 0 saturated heterocycles. The Morgan fingerprint density at radius 2 is 2.04 bits per heavy atom. The van der Waals surface area contributed by atoms with Crippen LogP contribution in [0.2, 0.25) is 0 Å². The number of terminal acetylenes is 1. The number of ether oxygens (including phenoxy) is 2. The minimum Gasteiger partial charge on any atom is -0.480 e. The Hall–Kier alpha value is -3.59. The molecule has 4 rings (SSSR count). The molecule has 2 heterocycles. The zero-order valence-corrected chi connectivity index (χ0v) is 14.0. The molecular formula is C20H13FN2O3. The summed E-state index contributed by atoms with van der Waals surface area (Å²) in [4.78, 5) is 8.85. The Morgan fingerprint density at radius 3 is 2.81 bits per heavy atom. The Kier molecular flexibility index (Phi) is 3.70. The highest BCUT2D eigenvalue weighted by molar-refractivity contribution is 5.94. The lowest BCUT2D eigenvalue weighted by Gasteiger charge is -2.06. The van der Waals surface area contributed by atoms with E-state index in [-0.39, 0.29) is 5.75 Å². The lowest BCUT2D eigenvalue weighted by Crippen LogP contribution is -1.93. The number of aryl methyl sites for hydroxylation is 1. The van der Waals surface area contributed by atoms with Crippen LogP contribution in [-0.4, -0.2) is 17.1 Å². The van der Waals surface area contributed by atoms with Crippen LogP contribution in [0.5, 0.6) is 11.6 Å². The van der Waals surface area contributed by atoms with E-state index in [9.17, 15) is 4.39 Å². The summed E-state index contributed by atoms with van der Waals surface area (Å²) in [5.74, 6) is 0.364. The predicted molar refractivity (Wildman–Crippen MR) is 95.5 cm³/mol. The van der Waals surface area contributed by atoms with Gasteiger partial charge in [0, 0.05) is 17.0 Å². The highest BCUT2D eigenvalue weighted by Gasteiger charge is 2.15. The van der Waals surface area contributed by atoms with Gasteiger partial charge in [0.2, 0.25) is 5.88 Å². The number of benzene rings is 2. The van der Waals surface area contributed by atoms with Crippen LogP contribution >= 0.6 is 0 Å². The summed E-state index contributed by atoms with van der Waals surface area (Å²) in [6.07, 6.45) is 8.60. The summed E-state index contributed by atoms with van der Waals surface area (Å²) in [6, 6.07) is 8.40. The minimum atomic E-state index is -0.588. The van der Waals surface area contributed by atoms with Gasteiger partial charge >= 0.3 is 0 Å². The molecule has 0 fully saturated rings. The number of fused-ring (bicyclic) bond motifs is 2. The van der Waals surface area contributed by atoms with E-state index in [0.717, 1.165) is 11.1 Å². The van der Waals surface area contributed by atoms with Crippen molar-refractivity contribution in [2.45, 2.75) is 6.92 Å².